The van der Waals surface area contributed by atoms with Crippen LogP contribution < -0.4 is 10.0 Å². The van der Waals surface area contributed by atoms with Crippen molar-refractivity contribution in [3.63, 3.8) is 0 Å². The minimum Gasteiger partial charge on any atom is -0.545 e. The molecule has 1 heterocycles. The molecule has 0 unspecified atom stereocenters. The number of carboxylic acids is 1. The van der Waals surface area contributed by atoms with Gasteiger partial charge in [0.2, 0.25) is 0 Å². The molecule has 1 aliphatic heterocycles. The number of imide groups is 1. The summed E-state index contributed by atoms with van der Waals surface area (Å²) in [5, 5.41) is 11.4. The Bertz CT molecular complexity index is 847. The number of hydrogen-bond acceptors (Lipinski definition) is 4. The number of carbonyl (C=O) groups excluding carboxylic acids is 3. The number of aromatic carboxylic acids is 1. The zero-order chi connectivity index (χ0) is 16.0. The molecule has 0 radical (unpaired) electrons. The van der Waals surface area contributed by atoms with E-state index < -0.39 is 17.8 Å². The van der Waals surface area contributed by atoms with Gasteiger partial charge in [0.05, 0.1) is 27.8 Å². The molecule has 0 N–H and O–H groups in total. The fraction of sp³-hybridized carbons (Fsp3) is 0. The molecule has 7 heteroatoms. The van der Waals surface area contributed by atoms with Crippen LogP contribution in [0.25, 0.3) is 0 Å². The number of hydrogen-bond donors (Lipinski definition) is 0. The van der Waals surface area contributed by atoms with Gasteiger partial charge in [0.1, 0.15) is 0 Å². The highest BCUT2D eigenvalue weighted by molar-refractivity contribution is 6.41. The van der Waals surface area contributed by atoms with E-state index >= 15 is 0 Å². The number of benzene rings is 2. The van der Waals surface area contributed by atoms with Gasteiger partial charge in [-0.15, -0.1) is 0 Å². The lowest BCUT2D eigenvalue weighted by molar-refractivity contribution is -0.255. The van der Waals surface area contributed by atoms with Crippen LogP contribution in [0.4, 0.5) is 5.69 Å². The van der Waals surface area contributed by atoms with Crippen LogP contribution in [-0.4, -0.2) is 17.8 Å². The number of rotatable bonds is 2. The Morgan fingerprint density at radius 3 is 2.32 bits per heavy atom. The van der Waals surface area contributed by atoms with Crippen LogP contribution in [0.1, 0.15) is 31.1 Å². The molecule has 0 aliphatic carbocycles. The Labute approximate surface area is 134 Å². The summed E-state index contributed by atoms with van der Waals surface area (Å²) in [7, 11) is 0. The Hall–Kier alpha value is -2.37. The molecular formula is C15H6Cl2NO4-. The van der Waals surface area contributed by atoms with Crippen LogP contribution in [-0.2, 0) is 0 Å². The molecule has 0 aromatic heterocycles. The van der Waals surface area contributed by atoms with Gasteiger partial charge in [-0.25, -0.2) is 4.90 Å². The van der Waals surface area contributed by atoms with Crippen molar-refractivity contribution < 1.29 is 19.5 Å². The van der Waals surface area contributed by atoms with Crippen molar-refractivity contribution in [3.8, 4) is 0 Å². The molecule has 0 bridgehead atoms. The van der Waals surface area contributed by atoms with Crippen molar-refractivity contribution in [2.24, 2.45) is 0 Å². The number of fused-ring (bicyclic) bond motifs is 1. The predicted octanol–water partition coefficient (Wildman–Crippen LogP) is 2.16. The number of halogens is 2. The van der Waals surface area contributed by atoms with E-state index in [0.29, 0.717) is 5.02 Å². The van der Waals surface area contributed by atoms with E-state index in [1.54, 1.807) is 0 Å². The van der Waals surface area contributed by atoms with Gasteiger partial charge in [0.25, 0.3) is 11.8 Å². The van der Waals surface area contributed by atoms with Crippen LogP contribution in [0.2, 0.25) is 10.0 Å². The third kappa shape index (κ3) is 2.15. The summed E-state index contributed by atoms with van der Waals surface area (Å²) in [5.41, 5.74) is 0.0584. The maximum absolute atomic E-state index is 12.4. The van der Waals surface area contributed by atoms with Gasteiger partial charge in [0.15, 0.2) is 0 Å². The molecule has 0 fully saturated rings. The van der Waals surface area contributed by atoms with Gasteiger partial charge in [-0.3, -0.25) is 9.59 Å². The monoisotopic (exact) mass is 334 g/mol. The summed E-state index contributed by atoms with van der Waals surface area (Å²) < 4.78 is 0. The number of anilines is 1. The first-order chi connectivity index (χ1) is 10.4. The van der Waals surface area contributed by atoms with E-state index in [0.717, 1.165) is 11.0 Å². The second kappa shape index (κ2) is 5.12. The molecule has 1 aliphatic rings. The maximum atomic E-state index is 12.4. The van der Waals surface area contributed by atoms with Crippen LogP contribution in [0.3, 0.4) is 0 Å². The summed E-state index contributed by atoms with van der Waals surface area (Å²) >= 11 is 11.9. The Balaban J connectivity index is 2.14. The smallest absolute Gasteiger partial charge is 0.266 e. The Kier molecular flexibility index (Phi) is 3.39. The summed E-state index contributed by atoms with van der Waals surface area (Å²) in [5.74, 6) is -2.68. The fourth-order valence-electron chi connectivity index (χ4n) is 2.24. The first-order valence-electron chi connectivity index (χ1n) is 6.09. The van der Waals surface area contributed by atoms with Crippen molar-refractivity contribution in [2.75, 3.05) is 4.90 Å². The van der Waals surface area contributed by atoms with Crippen LogP contribution in [0, 0.1) is 0 Å². The molecule has 0 spiro atoms. The van der Waals surface area contributed by atoms with E-state index in [-0.39, 0.29) is 27.4 Å². The molecule has 22 heavy (non-hydrogen) atoms. The lowest BCUT2D eigenvalue weighted by Gasteiger charge is -2.15. The minimum absolute atomic E-state index is 0.0113. The number of carboxylic acid groups (broad SMARTS) is 1. The number of nitrogens with zero attached hydrogens (tertiary/aromatic N) is 1. The third-order valence-electron chi connectivity index (χ3n) is 3.27. The molecule has 0 saturated carbocycles. The van der Waals surface area contributed by atoms with Crippen LogP contribution >= 0.6 is 23.2 Å². The zero-order valence-corrected chi connectivity index (χ0v) is 12.3. The van der Waals surface area contributed by atoms with Gasteiger partial charge in [-0.2, -0.15) is 0 Å². The van der Waals surface area contributed by atoms with Gasteiger partial charge < -0.3 is 9.90 Å². The van der Waals surface area contributed by atoms with Crippen LogP contribution in [0.15, 0.2) is 36.4 Å². The molecule has 5 nitrogen and oxygen atoms in total. The fourth-order valence-corrected chi connectivity index (χ4v) is 2.61. The highest BCUT2D eigenvalue weighted by Gasteiger charge is 2.37. The Morgan fingerprint density at radius 1 is 0.955 bits per heavy atom. The third-order valence-corrected chi connectivity index (χ3v) is 3.83. The van der Waals surface area contributed by atoms with E-state index in [2.05, 4.69) is 0 Å². The standard InChI is InChI=1S/C15H7Cl2NO4/c16-8-2-4-11(17)12(6-8)18-13(19)9-3-1-7(15(21)22)5-10(9)14(18)20/h1-6H,(H,21,22)/p-1. The molecule has 2 aromatic carbocycles. The van der Waals surface area contributed by atoms with Crippen LogP contribution in [0.5, 0.6) is 0 Å². The first-order valence-corrected chi connectivity index (χ1v) is 6.85. The van der Waals surface area contributed by atoms with E-state index in [9.17, 15) is 19.5 Å². The second-order valence-corrected chi connectivity index (χ2v) is 5.43. The average Bonchev–Trinajstić information content (AvgIpc) is 2.73. The number of amides is 2. The van der Waals surface area contributed by atoms with E-state index in [4.69, 9.17) is 23.2 Å². The molecule has 110 valence electrons. The van der Waals surface area contributed by atoms with E-state index in [1.165, 1.54) is 30.3 Å². The normalized spacial score (nSPS) is 13.5. The molecule has 2 amide bonds. The molecule has 0 saturated heterocycles. The quantitative estimate of drug-likeness (QED) is 0.788. The summed E-state index contributed by atoms with van der Waals surface area (Å²) in [6.45, 7) is 0. The lowest BCUT2D eigenvalue weighted by Crippen LogP contribution is -2.29. The Morgan fingerprint density at radius 2 is 1.64 bits per heavy atom. The SMILES string of the molecule is O=C([O-])c1ccc2c(c1)C(=O)N(c1cc(Cl)ccc1Cl)C2=O. The topological polar surface area (TPSA) is 77.5 Å². The van der Waals surface area contributed by atoms with Crippen molar-refractivity contribution >= 4 is 46.7 Å². The molecule has 2 aromatic rings. The highest BCUT2D eigenvalue weighted by atomic mass is 35.5. The summed E-state index contributed by atoms with van der Waals surface area (Å²) in [6.07, 6.45) is 0. The predicted molar refractivity (Wildman–Crippen MR) is 78.4 cm³/mol. The summed E-state index contributed by atoms with van der Waals surface area (Å²) in [6, 6.07) is 7.99. The molecule has 3 rings (SSSR count). The average molecular weight is 335 g/mol. The van der Waals surface area contributed by atoms with Crippen molar-refractivity contribution in [2.45, 2.75) is 0 Å². The minimum atomic E-state index is -1.43. The van der Waals surface area contributed by atoms with Crippen molar-refractivity contribution in [3.05, 3.63) is 63.1 Å². The number of carbonyl (C=O) groups is 3. The second-order valence-electron chi connectivity index (χ2n) is 4.59. The van der Waals surface area contributed by atoms with E-state index in [1.807, 2.05) is 0 Å². The van der Waals surface area contributed by atoms with Gasteiger partial charge in [-0.1, -0.05) is 29.3 Å². The lowest BCUT2D eigenvalue weighted by atomic mass is 10.1. The van der Waals surface area contributed by atoms with Crippen molar-refractivity contribution in [1.29, 1.82) is 0 Å². The van der Waals surface area contributed by atoms with Gasteiger partial charge in [0, 0.05) is 5.02 Å². The highest BCUT2D eigenvalue weighted by Crippen LogP contribution is 2.35. The molecular weight excluding hydrogens is 329 g/mol. The molecule has 0 atom stereocenters. The zero-order valence-electron chi connectivity index (χ0n) is 10.8. The first kappa shape index (κ1) is 14.6. The van der Waals surface area contributed by atoms with Gasteiger partial charge in [-0.05, 0) is 35.9 Å². The maximum Gasteiger partial charge on any atom is 0.266 e. The summed E-state index contributed by atoms with van der Waals surface area (Å²) in [4.78, 5) is 36.6. The largest absolute Gasteiger partial charge is 0.545 e. The van der Waals surface area contributed by atoms with Gasteiger partial charge >= 0.3 is 0 Å². The van der Waals surface area contributed by atoms with Crippen molar-refractivity contribution in [1.82, 2.24) is 0 Å².